The van der Waals surface area contributed by atoms with Gasteiger partial charge < -0.3 is 9.80 Å². The van der Waals surface area contributed by atoms with E-state index < -0.39 is 0 Å². The topological polar surface area (TPSA) is 45.2 Å². The van der Waals surface area contributed by atoms with Crippen LogP contribution in [0.4, 0.5) is 34.1 Å². The molecule has 314 valence electrons. The summed E-state index contributed by atoms with van der Waals surface area (Å²) >= 11 is 0. The number of hydrogen-bond acceptors (Lipinski definition) is 5. The van der Waals surface area contributed by atoms with Gasteiger partial charge in [0.2, 0.25) is 0 Å². The molecule has 0 bridgehead atoms. The molecule has 9 aromatic carbocycles. The number of hydrogen-bond donors (Lipinski definition) is 0. The Hall–Kier alpha value is -8.87. The zero-order valence-electron chi connectivity index (χ0n) is 36.7. The van der Waals surface area contributed by atoms with Crippen molar-refractivity contribution in [3.63, 3.8) is 0 Å². The molecule has 5 nitrogen and oxygen atoms in total. The van der Waals surface area contributed by atoms with E-state index in [9.17, 15) is 0 Å². The lowest BCUT2D eigenvalue weighted by atomic mass is 9.33. The third-order valence-electron chi connectivity index (χ3n) is 13.0. The van der Waals surface area contributed by atoms with Crippen molar-refractivity contribution in [2.75, 3.05) is 9.80 Å². The van der Waals surface area contributed by atoms with Gasteiger partial charge in [0.15, 0.2) is 17.5 Å². The molecule has 0 saturated heterocycles. The van der Waals surface area contributed by atoms with Crippen molar-refractivity contribution < 1.29 is 0 Å². The van der Waals surface area contributed by atoms with Gasteiger partial charge in [-0.05, 0) is 98.3 Å². The molecular weight excluding hydrogens is 814 g/mol. The molecule has 0 amide bonds. The molecule has 2 aliphatic heterocycles. The van der Waals surface area contributed by atoms with E-state index in [1.165, 1.54) is 16.4 Å². The zero-order valence-corrected chi connectivity index (χ0v) is 36.7. The van der Waals surface area contributed by atoms with E-state index in [4.69, 9.17) is 15.0 Å². The fraction of sp³-hybridized carbons (Fsp3) is 0. The predicted molar refractivity (Wildman–Crippen MR) is 281 cm³/mol. The van der Waals surface area contributed by atoms with E-state index in [0.717, 1.165) is 84.2 Å². The van der Waals surface area contributed by atoms with Crippen LogP contribution in [0.2, 0.25) is 0 Å². The van der Waals surface area contributed by atoms with Crippen LogP contribution in [-0.4, -0.2) is 21.7 Å². The Kier molecular flexibility index (Phi) is 9.84. The smallest absolute Gasteiger partial charge is 0.252 e. The van der Waals surface area contributed by atoms with Gasteiger partial charge >= 0.3 is 0 Å². The number of benzene rings is 9. The van der Waals surface area contributed by atoms with E-state index in [-0.39, 0.29) is 6.71 Å². The summed E-state index contributed by atoms with van der Waals surface area (Å²) in [6.45, 7) is 7.90. The molecule has 0 N–H and O–H groups in total. The van der Waals surface area contributed by atoms with Gasteiger partial charge in [0.1, 0.15) is 0 Å². The molecule has 0 spiro atoms. The summed E-state index contributed by atoms with van der Waals surface area (Å²) in [6.07, 6.45) is 3.78. The number of anilines is 6. The third-order valence-corrected chi connectivity index (χ3v) is 13.0. The van der Waals surface area contributed by atoms with Crippen LogP contribution in [0.25, 0.3) is 68.6 Å². The number of nitrogens with zero attached hydrogens (tertiary/aromatic N) is 5. The highest BCUT2D eigenvalue weighted by atomic mass is 15.2. The number of rotatable bonds is 9. The maximum absolute atomic E-state index is 5.31. The second-order valence-electron chi connectivity index (χ2n) is 16.9. The first-order chi connectivity index (χ1) is 33.1. The molecule has 3 heterocycles. The summed E-state index contributed by atoms with van der Waals surface area (Å²) in [7, 11) is 0. The maximum Gasteiger partial charge on any atom is 0.252 e. The summed E-state index contributed by atoms with van der Waals surface area (Å²) in [5.41, 5.74) is 19.6. The molecular formula is C61H42BN5. The maximum atomic E-state index is 5.31. The standard InChI is InChI=1S/C61H42BN5/c1-3-41-25-29-43(30-26-41)47-33-35-52-54(37-47)66(50-21-13-7-14-22-50)56-39-49(61-64-59(45-17-9-5-10-18-45)63-60(65-61)46-19-11-6-12-20-46)40-57-58(56)62(52)53-36-34-48(44-31-27-42(4-2)28-32-44)38-55(53)67(57)51-23-15-8-16-24-51/h3-40H,1-2H2. The molecule has 0 aliphatic carbocycles. The molecule has 0 radical (unpaired) electrons. The first-order valence-electron chi connectivity index (χ1n) is 22.6. The summed E-state index contributed by atoms with van der Waals surface area (Å²) in [5, 5.41) is 0. The largest absolute Gasteiger partial charge is 0.311 e. The van der Waals surface area contributed by atoms with E-state index in [2.05, 4.69) is 205 Å². The van der Waals surface area contributed by atoms with Crippen molar-refractivity contribution in [3.8, 4) is 56.4 Å². The van der Waals surface area contributed by atoms with Gasteiger partial charge in [0.05, 0.1) is 0 Å². The van der Waals surface area contributed by atoms with Crippen LogP contribution in [0, 0.1) is 0 Å². The van der Waals surface area contributed by atoms with Gasteiger partial charge in [-0.15, -0.1) is 0 Å². The molecule has 67 heavy (non-hydrogen) atoms. The van der Waals surface area contributed by atoms with E-state index in [1.54, 1.807) is 0 Å². The van der Waals surface area contributed by atoms with Crippen molar-refractivity contribution in [1.82, 2.24) is 15.0 Å². The van der Waals surface area contributed by atoms with Crippen molar-refractivity contribution >= 4 is 69.4 Å². The van der Waals surface area contributed by atoms with Crippen molar-refractivity contribution in [1.29, 1.82) is 0 Å². The second kappa shape index (κ2) is 16.6. The Labute approximate surface area is 391 Å². The van der Waals surface area contributed by atoms with Crippen molar-refractivity contribution in [2.24, 2.45) is 0 Å². The molecule has 0 unspecified atom stereocenters. The molecule has 0 atom stereocenters. The minimum atomic E-state index is -0.100. The molecule has 1 aromatic heterocycles. The zero-order chi connectivity index (χ0) is 44.8. The first-order valence-corrected chi connectivity index (χ1v) is 22.6. The average Bonchev–Trinajstić information content (AvgIpc) is 3.41. The number of aromatic nitrogens is 3. The minimum Gasteiger partial charge on any atom is -0.311 e. The van der Waals surface area contributed by atoms with Gasteiger partial charge in [-0.3, -0.25) is 0 Å². The lowest BCUT2D eigenvalue weighted by Crippen LogP contribution is -2.61. The van der Waals surface area contributed by atoms with Crippen LogP contribution < -0.4 is 26.2 Å². The van der Waals surface area contributed by atoms with Crippen molar-refractivity contribution in [2.45, 2.75) is 0 Å². The summed E-state index contributed by atoms with van der Waals surface area (Å²) in [4.78, 5) is 20.6. The Bertz CT molecular complexity index is 3260. The monoisotopic (exact) mass is 855 g/mol. The lowest BCUT2D eigenvalue weighted by molar-refractivity contribution is 1.07. The fourth-order valence-electron chi connectivity index (χ4n) is 9.75. The highest BCUT2D eigenvalue weighted by Crippen LogP contribution is 2.47. The summed E-state index contributed by atoms with van der Waals surface area (Å²) < 4.78 is 0. The van der Waals surface area contributed by atoms with Gasteiger partial charge in [-0.1, -0.05) is 195 Å². The van der Waals surface area contributed by atoms with Gasteiger partial charge in [0.25, 0.3) is 6.71 Å². The molecule has 2 aliphatic rings. The highest BCUT2D eigenvalue weighted by Gasteiger charge is 2.44. The second-order valence-corrected chi connectivity index (χ2v) is 16.9. The Morgan fingerprint density at radius 2 is 0.672 bits per heavy atom. The highest BCUT2D eigenvalue weighted by molar-refractivity contribution is 7.00. The molecule has 0 saturated carbocycles. The molecule has 0 fully saturated rings. The van der Waals surface area contributed by atoms with Crippen LogP contribution in [0.3, 0.4) is 0 Å². The number of fused-ring (bicyclic) bond motifs is 4. The number of para-hydroxylation sites is 2. The Balaban J connectivity index is 1.17. The third kappa shape index (κ3) is 7.03. The summed E-state index contributed by atoms with van der Waals surface area (Å²) in [6, 6.07) is 77.7. The Morgan fingerprint density at radius 3 is 1.06 bits per heavy atom. The molecule has 10 aromatic rings. The normalized spacial score (nSPS) is 12.2. The average molecular weight is 856 g/mol. The van der Waals surface area contributed by atoms with Crippen molar-refractivity contribution in [3.05, 3.63) is 243 Å². The van der Waals surface area contributed by atoms with Crippen LogP contribution in [0.1, 0.15) is 11.1 Å². The quantitative estimate of drug-likeness (QED) is 0.135. The van der Waals surface area contributed by atoms with Crippen LogP contribution in [0.15, 0.2) is 232 Å². The SMILES string of the molecule is C=Cc1ccc(-c2ccc3c(c2)N(c2ccccc2)c2cc(-c4nc(-c5ccccc5)nc(-c5ccccc5)n4)cc4c2B3c2ccc(-c3ccc(C=C)cc3)cc2N4c2ccccc2)cc1. The van der Waals surface area contributed by atoms with E-state index >= 15 is 0 Å². The summed E-state index contributed by atoms with van der Waals surface area (Å²) in [5.74, 6) is 1.82. The minimum absolute atomic E-state index is 0.100. The van der Waals surface area contributed by atoms with E-state index in [0.29, 0.717) is 17.5 Å². The van der Waals surface area contributed by atoms with E-state index in [1.807, 2.05) is 48.6 Å². The van der Waals surface area contributed by atoms with Crippen LogP contribution in [-0.2, 0) is 0 Å². The Morgan fingerprint density at radius 1 is 0.328 bits per heavy atom. The predicted octanol–water partition coefficient (Wildman–Crippen LogP) is 13.6. The van der Waals surface area contributed by atoms with Gasteiger partial charge in [0, 0.05) is 50.8 Å². The van der Waals surface area contributed by atoms with Gasteiger partial charge in [-0.2, -0.15) is 0 Å². The van der Waals surface area contributed by atoms with Crippen LogP contribution in [0.5, 0.6) is 0 Å². The lowest BCUT2D eigenvalue weighted by Gasteiger charge is -2.44. The van der Waals surface area contributed by atoms with Crippen LogP contribution >= 0.6 is 0 Å². The molecule has 6 heteroatoms. The molecule has 12 rings (SSSR count). The first kappa shape index (κ1) is 39.7. The fourth-order valence-corrected chi connectivity index (χ4v) is 9.75. The van der Waals surface area contributed by atoms with Gasteiger partial charge in [-0.25, -0.2) is 15.0 Å².